The summed E-state index contributed by atoms with van der Waals surface area (Å²) in [5.41, 5.74) is 0.0860. The van der Waals surface area contributed by atoms with E-state index in [1.54, 1.807) is 45.0 Å². The topological polar surface area (TPSA) is 53.3 Å². The van der Waals surface area contributed by atoms with Crippen LogP contribution < -0.4 is 4.90 Å². The van der Waals surface area contributed by atoms with Crippen molar-refractivity contribution in [1.82, 2.24) is 0 Å². The predicted molar refractivity (Wildman–Crippen MR) is 75.3 cm³/mol. The van der Waals surface area contributed by atoms with Crippen molar-refractivity contribution in [3.05, 3.63) is 29.3 Å². The van der Waals surface area contributed by atoms with Crippen LogP contribution in [0.2, 0.25) is 5.02 Å². The highest BCUT2D eigenvalue weighted by atomic mass is 35.5. The Morgan fingerprint density at radius 3 is 2.42 bits per heavy atom. The van der Waals surface area contributed by atoms with Crippen molar-refractivity contribution >= 4 is 23.4 Å². The number of amides is 1. The molecule has 0 heterocycles. The number of rotatable bonds is 3. The van der Waals surface area contributed by atoms with E-state index in [4.69, 9.17) is 21.6 Å². The second-order valence-electron chi connectivity index (χ2n) is 5.02. The number of ether oxygens (including phenoxy) is 1. The van der Waals surface area contributed by atoms with Crippen LogP contribution in [-0.2, 0) is 4.74 Å². The van der Waals surface area contributed by atoms with Crippen LogP contribution in [0.15, 0.2) is 24.3 Å². The minimum atomic E-state index is -0.575. The summed E-state index contributed by atoms with van der Waals surface area (Å²) in [4.78, 5) is 13.5. The molecule has 1 rings (SSSR count). The number of halogens is 1. The highest BCUT2D eigenvalue weighted by molar-refractivity contribution is 6.30. The smallest absolute Gasteiger partial charge is 0.414 e. The lowest BCUT2D eigenvalue weighted by atomic mass is 10.2. The Balaban J connectivity index is 2.91. The van der Waals surface area contributed by atoms with Crippen LogP contribution in [0.5, 0.6) is 0 Å². The van der Waals surface area contributed by atoms with Crippen LogP contribution in [-0.4, -0.2) is 18.2 Å². The molecule has 0 fully saturated rings. The molecule has 102 valence electrons. The highest BCUT2D eigenvalue weighted by Gasteiger charge is 2.23. The van der Waals surface area contributed by atoms with Gasteiger partial charge in [-0.25, -0.2) is 4.79 Å². The van der Waals surface area contributed by atoms with Gasteiger partial charge in [-0.05, 0) is 45.0 Å². The zero-order valence-corrected chi connectivity index (χ0v) is 12.1. The third-order valence-corrected chi connectivity index (χ3v) is 2.45. The van der Waals surface area contributed by atoms with Gasteiger partial charge in [0.15, 0.2) is 0 Å². The fourth-order valence-electron chi connectivity index (χ4n) is 1.43. The summed E-state index contributed by atoms with van der Waals surface area (Å²) in [5.74, 6) is 0. The first-order valence-electron chi connectivity index (χ1n) is 5.96. The Bertz CT molecular complexity index is 472. The predicted octanol–water partition coefficient (Wildman–Crippen LogP) is 4.00. The summed E-state index contributed by atoms with van der Waals surface area (Å²) in [6, 6.07) is 8.86. The second-order valence-corrected chi connectivity index (χ2v) is 5.45. The van der Waals surface area contributed by atoms with Crippen molar-refractivity contribution in [3.63, 3.8) is 0 Å². The first-order valence-corrected chi connectivity index (χ1v) is 6.34. The van der Waals surface area contributed by atoms with E-state index in [0.29, 0.717) is 10.7 Å². The van der Waals surface area contributed by atoms with Gasteiger partial charge in [0.2, 0.25) is 0 Å². The van der Waals surface area contributed by atoms with Crippen LogP contribution in [0, 0.1) is 11.3 Å². The average Bonchev–Trinajstić information content (AvgIpc) is 2.29. The van der Waals surface area contributed by atoms with Crippen LogP contribution in [0.4, 0.5) is 10.5 Å². The minimum Gasteiger partial charge on any atom is -0.443 e. The number of benzene rings is 1. The maximum atomic E-state index is 12.1. The van der Waals surface area contributed by atoms with Gasteiger partial charge < -0.3 is 4.74 Å². The standard InChI is InChI=1S/C14H17ClN2O2/c1-14(2,3)19-13(18)17(10-4-9-16)12-7-5-11(15)6-8-12/h5-8H,4,10H2,1-3H3. The van der Waals surface area contributed by atoms with Gasteiger partial charge in [0.1, 0.15) is 5.60 Å². The molecule has 0 spiro atoms. The Labute approximate surface area is 118 Å². The molecule has 0 unspecified atom stereocenters. The SMILES string of the molecule is CC(C)(C)OC(=O)N(CCC#N)c1ccc(Cl)cc1. The molecule has 0 aliphatic carbocycles. The van der Waals surface area contributed by atoms with Gasteiger partial charge in [-0.1, -0.05) is 11.6 Å². The molecule has 0 atom stereocenters. The van der Waals surface area contributed by atoms with Gasteiger partial charge in [-0.2, -0.15) is 5.26 Å². The van der Waals surface area contributed by atoms with E-state index < -0.39 is 11.7 Å². The van der Waals surface area contributed by atoms with Crippen molar-refractivity contribution in [2.45, 2.75) is 32.8 Å². The molecule has 5 heteroatoms. The number of carbonyl (C=O) groups excluding carboxylic acids is 1. The average molecular weight is 281 g/mol. The number of nitrogens with zero attached hydrogens (tertiary/aromatic N) is 2. The summed E-state index contributed by atoms with van der Waals surface area (Å²) >= 11 is 5.82. The van der Waals surface area contributed by atoms with E-state index in [1.807, 2.05) is 6.07 Å². The van der Waals surface area contributed by atoms with Crippen LogP contribution >= 0.6 is 11.6 Å². The Hall–Kier alpha value is -1.73. The van der Waals surface area contributed by atoms with Crippen molar-refractivity contribution in [3.8, 4) is 6.07 Å². The van der Waals surface area contributed by atoms with Gasteiger partial charge in [0, 0.05) is 17.3 Å². The summed E-state index contributed by atoms with van der Waals surface area (Å²) in [7, 11) is 0. The molecular weight excluding hydrogens is 264 g/mol. The Morgan fingerprint density at radius 1 is 1.37 bits per heavy atom. The summed E-state index contributed by atoms with van der Waals surface area (Å²) in [5, 5.41) is 9.26. The van der Waals surface area contributed by atoms with E-state index in [9.17, 15) is 4.79 Å². The van der Waals surface area contributed by atoms with E-state index in [0.717, 1.165) is 0 Å². The van der Waals surface area contributed by atoms with Crippen molar-refractivity contribution in [1.29, 1.82) is 5.26 Å². The third-order valence-electron chi connectivity index (χ3n) is 2.20. The Kier molecular flexibility index (Phi) is 5.20. The first kappa shape index (κ1) is 15.3. The lowest BCUT2D eigenvalue weighted by Crippen LogP contribution is -2.37. The molecule has 0 aromatic heterocycles. The molecule has 0 saturated carbocycles. The maximum absolute atomic E-state index is 12.1. The van der Waals surface area contributed by atoms with Crippen molar-refractivity contribution in [2.75, 3.05) is 11.4 Å². The quantitative estimate of drug-likeness (QED) is 0.841. The largest absolute Gasteiger partial charge is 0.443 e. The van der Waals surface area contributed by atoms with Gasteiger partial charge in [-0.15, -0.1) is 0 Å². The molecule has 0 aliphatic heterocycles. The number of carbonyl (C=O) groups is 1. The van der Waals surface area contributed by atoms with Gasteiger partial charge in [-0.3, -0.25) is 4.90 Å². The zero-order valence-electron chi connectivity index (χ0n) is 11.3. The second kappa shape index (κ2) is 6.44. The minimum absolute atomic E-state index is 0.238. The molecule has 0 bridgehead atoms. The van der Waals surface area contributed by atoms with E-state index in [1.165, 1.54) is 4.90 Å². The van der Waals surface area contributed by atoms with Crippen LogP contribution in [0.25, 0.3) is 0 Å². The molecule has 1 aromatic rings. The molecule has 1 amide bonds. The van der Waals surface area contributed by atoms with Crippen molar-refractivity contribution < 1.29 is 9.53 Å². The fraction of sp³-hybridized carbons (Fsp3) is 0.429. The third kappa shape index (κ3) is 5.19. The lowest BCUT2D eigenvalue weighted by Gasteiger charge is -2.27. The molecule has 19 heavy (non-hydrogen) atoms. The van der Waals surface area contributed by atoms with Crippen molar-refractivity contribution in [2.24, 2.45) is 0 Å². The van der Waals surface area contributed by atoms with E-state index in [2.05, 4.69) is 0 Å². The van der Waals surface area contributed by atoms with E-state index in [-0.39, 0.29) is 13.0 Å². The van der Waals surface area contributed by atoms with Gasteiger partial charge in [0.25, 0.3) is 0 Å². The van der Waals surface area contributed by atoms with Gasteiger partial charge in [0.05, 0.1) is 12.5 Å². The molecule has 0 aliphatic rings. The lowest BCUT2D eigenvalue weighted by molar-refractivity contribution is 0.0581. The first-order chi connectivity index (χ1) is 8.83. The monoisotopic (exact) mass is 280 g/mol. The number of hydrogen-bond acceptors (Lipinski definition) is 3. The molecule has 0 radical (unpaired) electrons. The van der Waals surface area contributed by atoms with Crippen LogP contribution in [0.3, 0.4) is 0 Å². The molecular formula is C14H17ClN2O2. The van der Waals surface area contributed by atoms with Gasteiger partial charge >= 0.3 is 6.09 Å². The summed E-state index contributed by atoms with van der Waals surface area (Å²) in [6.07, 6.45) is -0.230. The zero-order chi connectivity index (χ0) is 14.5. The molecule has 4 nitrogen and oxygen atoms in total. The van der Waals surface area contributed by atoms with Crippen LogP contribution in [0.1, 0.15) is 27.2 Å². The maximum Gasteiger partial charge on any atom is 0.414 e. The Morgan fingerprint density at radius 2 is 1.95 bits per heavy atom. The molecule has 0 N–H and O–H groups in total. The summed E-state index contributed by atoms with van der Waals surface area (Å²) in [6.45, 7) is 5.69. The molecule has 0 saturated heterocycles. The summed E-state index contributed by atoms with van der Waals surface area (Å²) < 4.78 is 5.33. The fourth-order valence-corrected chi connectivity index (χ4v) is 1.55. The highest BCUT2D eigenvalue weighted by Crippen LogP contribution is 2.21. The normalized spacial score (nSPS) is 10.7. The number of anilines is 1. The number of nitriles is 1. The van der Waals surface area contributed by atoms with E-state index >= 15 is 0 Å². The molecule has 1 aromatic carbocycles. The number of hydrogen-bond donors (Lipinski definition) is 0.